The van der Waals surface area contributed by atoms with Crippen LogP contribution in [0.25, 0.3) is 60.7 Å². The molecule has 2 atom stereocenters. The van der Waals surface area contributed by atoms with Crippen molar-refractivity contribution >= 4 is 38.3 Å². The van der Waals surface area contributed by atoms with E-state index >= 15 is 0 Å². The molecular weight excluding hydrogens is 500 g/mol. The molecule has 0 N–H and O–H groups in total. The lowest BCUT2D eigenvalue weighted by Crippen LogP contribution is -1.96. The number of hydrogen-bond donors (Lipinski definition) is 0. The maximum absolute atomic E-state index is 9.09. The minimum atomic E-state index is -1.56. The Kier molecular flexibility index (Phi) is 3.54. The molecule has 2 aromatic heterocycles. The summed E-state index contributed by atoms with van der Waals surface area (Å²) in [5.41, 5.74) is 2.81. The second kappa shape index (κ2) is 9.72. The molecule has 0 radical (unpaired) electrons. The fourth-order valence-electron chi connectivity index (χ4n) is 5.20. The highest BCUT2D eigenvalue weighted by atomic mass is 16.5. The van der Waals surface area contributed by atoms with E-state index in [1.807, 2.05) is 66.7 Å². The lowest BCUT2D eigenvalue weighted by Gasteiger charge is -2.15. The Balaban J connectivity index is 1.25. The van der Waals surface area contributed by atoms with Crippen LogP contribution >= 0.6 is 0 Å². The average molecular weight is 538 g/mol. The van der Waals surface area contributed by atoms with E-state index in [9.17, 15) is 0 Å². The largest absolute Gasteiger partial charge is 0.485 e. The first kappa shape index (κ1) is 14.9. The van der Waals surface area contributed by atoms with Gasteiger partial charge in [-0.15, -0.1) is 0 Å². The van der Waals surface area contributed by atoms with Crippen LogP contribution in [0.2, 0.25) is 0 Å². The Hall–Kier alpha value is -5.28. The predicted molar refractivity (Wildman–Crippen MR) is 168 cm³/mol. The zero-order chi connectivity index (χ0) is 36.7. The van der Waals surface area contributed by atoms with Gasteiger partial charge in [0.05, 0.1) is 30.4 Å². The van der Waals surface area contributed by atoms with Crippen molar-refractivity contribution in [2.24, 2.45) is 0 Å². The number of pyridine rings is 2. The summed E-state index contributed by atoms with van der Waals surface area (Å²) >= 11 is 0. The number of ether oxygens (including phenoxy) is 1. The van der Waals surface area contributed by atoms with Crippen LogP contribution in [-0.2, 0) is 4.74 Å². The maximum Gasteiger partial charge on any atom is 0.127 e. The summed E-state index contributed by atoms with van der Waals surface area (Å²) in [6.45, 7) is 0. The van der Waals surface area contributed by atoms with E-state index in [2.05, 4.69) is 4.98 Å². The minimum absolute atomic E-state index is 0.0258. The first-order valence-corrected chi connectivity index (χ1v) is 13.0. The fourth-order valence-corrected chi connectivity index (χ4v) is 5.20. The molecule has 1 aliphatic rings. The molecule has 3 heteroatoms. The molecule has 5 aromatic carbocycles. The first-order chi connectivity index (χ1) is 24.9. The van der Waals surface area contributed by atoms with Gasteiger partial charge < -0.3 is 4.74 Å². The molecule has 0 aliphatic carbocycles. The fraction of sp³-hybridized carbons (Fsp3) is 0.0526. The van der Waals surface area contributed by atoms with Gasteiger partial charge in [-0.2, -0.15) is 0 Å². The number of fused-ring (bicyclic) bond motifs is 4. The summed E-state index contributed by atoms with van der Waals surface area (Å²) in [6.07, 6.45) is -1.34. The molecule has 0 amide bonds. The molecule has 3 nitrogen and oxygen atoms in total. The van der Waals surface area contributed by atoms with Crippen LogP contribution in [0.3, 0.4) is 0 Å². The summed E-state index contributed by atoms with van der Waals surface area (Å²) in [7, 11) is 0. The Labute approximate surface area is 253 Å². The molecule has 0 saturated carbocycles. The number of hydrogen-bond acceptors (Lipinski definition) is 3. The van der Waals surface area contributed by atoms with Crippen LogP contribution in [0, 0.1) is 0 Å². The summed E-state index contributed by atoms with van der Waals surface area (Å²) in [6, 6.07) is 17.4. The van der Waals surface area contributed by atoms with Gasteiger partial charge in [0.1, 0.15) is 11.9 Å². The molecule has 0 bridgehead atoms. The van der Waals surface area contributed by atoms with Crippen LogP contribution in [0.15, 0.2) is 139 Å². The van der Waals surface area contributed by atoms with E-state index in [0.717, 1.165) is 32.8 Å². The lowest BCUT2D eigenvalue weighted by molar-refractivity contribution is 0.194. The Morgan fingerprint density at radius 1 is 0.683 bits per heavy atom. The van der Waals surface area contributed by atoms with E-state index in [-0.39, 0.29) is 16.7 Å². The smallest absolute Gasteiger partial charge is 0.127 e. The zero-order valence-electron chi connectivity index (χ0n) is 32.5. The molecular formula is C38H26N2O. The third-order valence-corrected chi connectivity index (χ3v) is 7.17. The zero-order valence-corrected chi connectivity index (χ0v) is 21.5. The first-order valence-electron chi connectivity index (χ1n) is 18.6. The molecule has 3 heterocycles. The van der Waals surface area contributed by atoms with Crippen LogP contribution in [0.4, 0.5) is 0 Å². The normalized spacial score (nSPS) is 20.6. The van der Waals surface area contributed by atoms with Crippen molar-refractivity contribution in [3.8, 4) is 22.4 Å². The van der Waals surface area contributed by atoms with Crippen molar-refractivity contribution in [2.45, 2.75) is 12.5 Å². The van der Waals surface area contributed by atoms with Crippen LogP contribution in [-0.4, -0.2) is 9.97 Å². The van der Waals surface area contributed by atoms with Gasteiger partial charge in [-0.25, -0.2) is 4.98 Å². The van der Waals surface area contributed by atoms with Crippen molar-refractivity contribution in [1.29, 1.82) is 0 Å². The van der Waals surface area contributed by atoms with Crippen LogP contribution in [0.1, 0.15) is 38.7 Å². The van der Waals surface area contributed by atoms with Crippen molar-refractivity contribution in [3.05, 3.63) is 151 Å². The van der Waals surface area contributed by atoms with Crippen molar-refractivity contribution in [3.63, 3.8) is 0 Å². The van der Waals surface area contributed by atoms with E-state index in [1.54, 1.807) is 12.3 Å². The third-order valence-electron chi connectivity index (χ3n) is 7.17. The number of rotatable bonds is 4. The van der Waals surface area contributed by atoms with Crippen LogP contribution in [0.5, 0.6) is 0 Å². The molecule has 7 aromatic rings. The van der Waals surface area contributed by atoms with Crippen molar-refractivity contribution in [2.75, 3.05) is 0 Å². The highest BCUT2D eigenvalue weighted by Crippen LogP contribution is 2.38. The van der Waals surface area contributed by atoms with Gasteiger partial charge in [-0.3, -0.25) is 4.98 Å². The van der Waals surface area contributed by atoms with Crippen molar-refractivity contribution in [1.82, 2.24) is 9.97 Å². The maximum atomic E-state index is 9.09. The number of benzene rings is 5. The average Bonchev–Trinajstić information content (AvgIpc) is 3.44. The molecule has 0 saturated heterocycles. The summed E-state index contributed by atoms with van der Waals surface area (Å²) < 4.78 is 100. The van der Waals surface area contributed by atoms with Gasteiger partial charge in [0.25, 0.3) is 0 Å². The number of nitrogens with zero attached hydrogens (tertiary/aromatic N) is 2. The summed E-state index contributed by atoms with van der Waals surface area (Å²) in [5.74, 6) is -0.412. The SMILES string of the molecule is [2H]C1=C(c2c([2H])c([2H])c(-c3ccc(-c4ccc5ccc6cccnc6c5n4)c4ccccc34)c([2H])c2[2H])OC(c2c([2H])c([2H])c([2H])c([2H])c2[2H])C1[2H]. The second-order valence-corrected chi connectivity index (χ2v) is 9.58. The predicted octanol–water partition coefficient (Wildman–Crippen LogP) is 9.77. The third kappa shape index (κ3) is 4.14. The van der Waals surface area contributed by atoms with E-state index in [4.69, 9.17) is 24.8 Å². The van der Waals surface area contributed by atoms with E-state index < -0.39 is 78.7 Å². The Morgan fingerprint density at radius 3 is 2.22 bits per heavy atom. The topological polar surface area (TPSA) is 35.0 Å². The van der Waals surface area contributed by atoms with Gasteiger partial charge in [0.2, 0.25) is 0 Å². The van der Waals surface area contributed by atoms with Gasteiger partial charge >= 0.3 is 0 Å². The van der Waals surface area contributed by atoms with Crippen LogP contribution < -0.4 is 0 Å². The molecule has 8 rings (SSSR count). The molecule has 0 fully saturated rings. The molecule has 0 spiro atoms. The second-order valence-electron chi connectivity index (χ2n) is 9.58. The molecule has 2 unspecified atom stereocenters. The lowest BCUT2D eigenvalue weighted by atomic mass is 9.93. The Morgan fingerprint density at radius 2 is 1.39 bits per heavy atom. The van der Waals surface area contributed by atoms with E-state index in [0.29, 0.717) is 16.6 Å². The van der Waals surface area contributed by atoms with Gasteiger partial charge in [0, 0.05) is 35.9 Å². The summed E-state index contributed by atoms with van der Waals surface area (Å²) in [5, 5.41) is 3.34. The molecule has 41 heavy (non-hydrogen) atoms. The van der Waals surface area contributed by atoms with Gasteiger partial charge in [0.15, 0.2) is 0 Å². The molecule has 194 valence electrons. The Bertz CT molecular complexity index is 2660. The summed E-state index contributed by atoms with van der Waals surface area (Å²) in [4.78, 5) is 9.57. The van der Waals surface area contributed by atoms with Crippen molar-refractivity contribution < 1.29 is 19.8 Å². The monoisotopic (exact) mass is 537 g/mol. The van der Waals surface area contributed by atoms with Gasteiger partial charge in [-0.05, 0) is 45.6 Å². The highest BCUT2D eigenvalue weighted by Gasteiger charge is 2.21. The minimum Gasteiger partial charge on any atom is -0.485 e. The highest BCUT2D eigenvalue weighted by molar-refractivity contribution is 6.07. The van der Waals surface area contributed by atoms with E-state index in [1.165, 1.54) is 0 Å². The standard InChI is InChI=1S/C38H26N2O/c1-2-7-26(8-3-1)35-22-23-36(41-35)27-14-12-25(13-15-27)30-19-20-33(32-11-5-4-10-31(30)32)34-21-18-29-17-16-28-9-6-24-39-37(28)38(29)40-34/h1-21,23-24,35H,22H2/i1D,2D,3D,7D,8D,12D,13D,14D,15D,22D,23D. The quantitative estimate of drug-likeness (QED) is 0.210. The van der Waals surface area contributed by atoms with Gasteiger partial charge in [-0.1, -0.05) is 115 Å². The molecule has 1 aliphatic heterocycles. The number of aromatic nitrogens is 2.